The third-order valence-corrected chi connectivity index (χ3v) is 1.74. The maximum atomic E-state index is 9.52. The molecule has 0 amide bonds. The van der Waals surface area contributed by atoms with E-state index < -0.39 is 5.60 Å². The van der Waals surface area contributed by atoms with Crippen LogP contribution in [0.4, 0.5) is 0 Å². The highest BCUT2D eigenvalue weighted by Crippen LogP contribution is 2.21. The van der Waals surface area contributed by atoms with Gasteiger partial charge < -0.3 is 15.8 Å². The highest BCUT2D eigenvalue weighted by atomic mass is 16.3. The van der Waals surface area contributed by atoms with E-state index in [1.807, 2.05) is 6.07 Å². The van der Waals surface area contributed by atoms with Gasteiger partial charge in [0.2, 0.25) is 0 Å². The van der Waals surface area contributed by atoms with Crippen molar-refractivity contribution in [3.05, 3.63) is 24.0 Å². The van der Waals surface area contributed by atoms with Crippen LogP contribution in [0.3, 0.4) is 0 Å². The first-order valence-corrected chi connectivity index (χ1v) is 3.62. The van der Waals surface area contributed by atoms with Crippen molar-refractivity contribution in [1.29, 1.82) is 0 Å². The zero-order valence-corrected chi connectivity index (χ0v) is 6.83. The molecule has 0 aliphatic rings. The summed E-state index contributed by atoms with van der Waals surface area (Å²) in [7, 11) is 0. The smallest absolute Gasteiger partial charge is 0.0784 e. The Balaban J connectivity index is 2.78. The molecule has 1 rings (SSSR count). The van der Waals surface area contributed by atoms with E-state index >= 15 is 0 Å². The van der Waals surface area contributed by atoms with E-state index in [9.17, 15) is 5.11 Å². The summed E-state index contributed by atoms with van der Waals surface area (Å²) in [5.41, 5.74) is 5.82. The molecule has 0 fully saturated rings. The molecule has 0 saturated heterocycles. The molecular formula is C8H14N2O. The fraction of sp³-hybridized carbons (Fsp3) is 0.500. The van der Waals surface area contributed by atoms with Gasteiger partial charge in [0.25, 0.3) is 0 Å². The number of H-pyrrole nitrogens is 1. The molecule has 0 aliphatic carbocycles. The average Bonchev–Trinajstić information content (AvgIpc) is 2.34. The van der Waals surface area contributed by atoms with Crippen LogP contribution in [0.1, 0.15) is 25.5 Å². The molecule has 1 aromatic rings. The highest BCUT2D eigenvalue weighted by molar-refractivity contribution is 5.16. The van der Waals surface area contributed by atoms with Gasteiger partial charge in [0.15, 0.2) is 0 Å². The van der Waals surface area contributed by atoms with E-state index in [0.717, 1.165) is 5.56 Å². The molecule has 0 spiro atoms. The quantitative estimate of drug-likeness (QED) is 0.589. The van der Waals surface area contributed by atoms with E-state index in [4.69, 9.17) is 5.73 Å². The Morgan fingerprint density at radius 1 is 1.64 bits per heavy atom. The summed E-state index contributed by atoms with van der Waals surface area (Å²) in [6, 6.07) is 1.54. The first kappa shape index (κ1) is 8.30. The van der Waals surface area contributed by atoms with Gasteiger partial charge in [-0.25, -0.2) is 0 Å². The van der Waals surface area contributed by atoms with Crippen LogP contribution >= 0.6 is 0 Å². The number of rotatable bonds is 2. The molecule has 0 bridgehead atoms. The molecule has 1 unspecified atom stereocenters. The Morgan fingerprint density at radius 2 is 2.27 bits per heavy atom. The van der Waals surface area contributed by atoms with Crippen LogP contribution < -0.4 is 5.73 Å². The fourth-order valence-corrected chi connectivity index (χ4v) is 0.938. The van der Waals surface area contributed by atoms with Gasteiger partial charge in [-0.3, -0.25) is 0 Å². The molecule has 1 aromatic heterocycles. The minimum atomic E-state index is -0.859. The number of hydrogen-bond donors (Lipinski definition) is 3. The number of aromatic nitrogens is 1. The van der Waals surface area contributed by atoms with Crippen molar-refractivity contribution >= 4 is 0 Å². The van der Waals surface area contributed by atoms with Crippen molar-refractivity contribution in [3.8, 4) is 0 Å². The minimum Gasteiger partial charge on any atom is -0.388 e. The fourth-order valence-electron chi connectivity index (χ4n) is 0.938. The van der Waals surface area contributed by atoms with E-state index in [1.165, 1.54) is 0 Å². The number of aromatic amines is 1. The predicted molar refractivity (Wildman–Crippen MR) is 44.0 cm³/mol. The molecule has 0 saturated carbocycles. The average molecular weight is 154 g/mol. The first-order valence-electron chi connectivity index (χ1n) is 3.62. The normalized spacial score (nSPS) is 14.9. The van der Waals surface area contributed by atoms with Crippen molar-refractivity contribution in [2.75, 3.05) is 0 Å². The lowest BCUT2D eigenvalue weighted by Gasteiger charge is -2.24. The third-order valence-electron chi connectivity index (χ3n) is 1.74. The van der Waals surface area contributed by atoms with Gasteiger partial charge in [-0.1, -0.05) is 0 Å². The van der Waals surface area contributed by atoms with Gasteiger partial charge in [-0.15, -0.1) is 0 Å². The molecule has 3 heteroatoms. The molecule has 3 nitrogen and oxygen atoms in total. The van der Waals surface area contributed by atoms with Crippen LogP contribution in [0.15, 0.2) is 18.5 Å². The Morgan fingerprint density at radius 3 is 2.64 bits per heavy atom. The third kappa shape index (κ3) is 1.82. The van der Waals surface area contributed by atoms with Crippen LogP contribution in [0.5, 0.6) is 0 Å². The monoisotopic (exact) mass is 154 g/mol. The lowest BCUT2D eigenvalue weighted by Crippen LogP contribution is -2.34. The zero-order valence-electron chi connectivity index (χ0n) is 6.83. The van der Waals surface area contributed by atoms with E-state index in [0.29, 0.717) is 0 Å². The predicted octanol–water partition coefficient (Wildman–Crippen LogP) is 0.785. The maximum absolute atomic E-state index is 9.52. The Hall–Kier alpha value is -0.800. The zero-order chi connectivity index (χ0) is 8.48. The largest absolute Gasteiger partial charge is 0.388 e. The molecule has 0 radical (unpaired) electrons. The number of hydrogen-bond acceptors (Lipinski definition) is 2. The molecule has 62 valence electrons. The van der Waals surface area contributed by atoms with Gasteiger partial charge in [0.05, 0.1) is 11.6 Å². The lowest BCUT2D eigenvalue weighted by molar-refractivity contribution is 0.0518. The van der Waals surface area contributed by atoms with Crippen molar-refractivity contribution in [3.63, 3.8) is 0 Å². The van der Waals surface area contributed by atoms with Crippen molar-refractivity contribution in [1.82, 2.24) is 4.98 Å². The second kappa shape index (κ2) is 2.68. The summed E-state index contributed by atoms with van der Waals surface area (Å²) in [5, 5.41) is 9.52. The topological polar surface area (TPSA) is 62.0 Å². The van der Waals surface area contributed by atoms with Gasteiger partial charge in [-0.05, 0) is 25.5 Å². The summed E-state index contributed by atoms with van der Waals surface area (Å²) in [4.78, 5) is 2.89. The van der Waals surface area contributed by atoms with Crippen molar-refractivity contribution < 1.29 is 5.11 Å². The molecule has 11 heavy (non-hydrogen) atoms. The van der Waals surface area contributed by atoms with E-state index in [-0.39, 0.29) is 6.04 Å². The Bertz CT molecular complexity index is 210. The molecule has 0 aliphatic heterocycles. The molecule has 1 heterocycles. The number of nitrogens with one attached hydrogen (secondary N) is 1. The summed E-state index contributed by atoms with van der Waals surface area (Å²) in [5.74, 6) is 0. The highest BCUT2D eigenvalue weighted by Gasteiger charge is 2.24. The molecule has 4 N–H and O–H groups in total. The van der Waals surface area contributed by atoms with Gasteiger partial charge in [0, 0.05) is 12.4 Å². The van der Waals surface area contributed by atoms with Gasteiger partial charge in [0.1, 0.15) is 0 Å². The lowest BCUT2D eigenvalue weighted by atomic mass is 9.95. The SMILES string of the molecule is CC(C)(O)C(N)c1cc[nH]c1. The Labute approximate surface area is 66.2 Å². The minimum absolute atomic E-state index is 0.325. The summed E-state index contributed by atoms with van der Waals surface area (Å²) >= 11 is 0. The second-order valence-corrected chi connectivity index (χ2v) is 3.28. The summed E-state index contributed by atoms with van der Waals surface area (Å²) in [6.45, 7) is 3.40. The standard InChI is InChI=1S/C8H14N2O/c1-8(2,11)7(9)6-3-4-10-5-6/h3-5,7,10-11H,9H2,1-2H3. The number of aliphatic hydroxyl groups is 1. The van der Waals surface area contributed by atoms with Gasteiger partial charge >= 0.3 is 0 Å². The van der Waals surface area contributed by atoms with Crippen LogP contribution in [-0.4, -0.2) is 15.7 Å². The van der Waals surface area contributed by atoms with Crippen molar-refractivity contribution in [2.45, 2.75) is 25.5 Å². The van der Waals surface area contributed by atoms with E-state index in [1.54, 1.807) is 26.2 Å². The molecular weight excluding hydrogens is 140 g/mol. The van der Waals surface area contributed by atoms with Crippen LogP contribution in [0.2, 0.25) is 0 Å². The Kier molecular flexibility index (Phi) is 2.02. The van der Waals surface area contributed by atoms with Crippen molar-refractivity contribution in [2.24, 2.45) is 5.73 Å². The van der Waals surface area contributed by atoms with Crippen LogP contribution in [0, 0.1) is 0 Å². The van der Waals surface area contributed by atoms with Gasteiger partial charge in [-0.2, -0.15) is 0 Å². The maximum Gasteiger partial charge on any atom is 0.0784 e. The summed E-state index contributed by atoms with van der Waals surface area (Å²) in [6.07, 6.45) is 3.59. The number of nitrogens with two attached hydrogens (primary N) is 1. The summed E-state index contributed by atoms with van der Waals surface area (Å²) < 4.78 is 0. The second-order valence-electron chi connectivity index (χ2n) is 3.28. The van der Waals surface area contributed by atoms with Crippen LogP contribution in [0.25, 0.3) is 0 Å². The first-order chi connectivity index (χ1) is 5.02. The van der Waals surface area contributed by atoms with E-state index in [2.05, 4.69) is 4.98 Å². The molecule has 1 atom stereocenters. The van der Waals surface area contributed by atoms with Crippen LogP contribution in [-0.2, 0) is 0 Å². The molecule has 0 aromatic carbocycles.